The fourth-order valence-corrected chi connectivity index (χ4v) is 1.81. The van der Waals surface area contributed by atoms with Crippen LogP contribution in [-0.2, 0) is 17.9 Å². The number of aryl methyl sites for hydroxylation is 1. The van der Waals surface area contributed by atoms with Crippen molar-refractivity contribution >= 4 is 11.9 Å². The number of carbonyl (C=O) groups excluding carboxylic acids is 1. The Bertz CT molecular complexity index is 661. The first-order valence-electron chi connectivity index (χ1n) is 6.43. The molecule has 110 valence electrons. The number of hydrogen-bond acceptors (Lipinski definition) is 4. The molecule has 1 amide bonds. The Morgan fingerprint density at radius 1 is 1.24 bits per heavy atom. The van der Waals surface area contributed by atoms with E-state index in [1.165, 1.54) is 4.68 Å². The molecular formula is C14H16N4O3. The molecule has 7 nitrogen and oxygen atoms in total. The van der Waals surface area contributed by atoms with Gasteiger partial charge in [-0.05, 0) is 19.4 Å². The minimum atomic E-state index is -1.15. The van der Waals surface area contributed by atoms with Crippen LogP contribution in [0, 0.1) is 13.8 Å². The smallest absolute Gasteiger partial charge is 0.358 e. The fourth-order valence-electron chi connectivity index (χ4n) is 1.81. The number of nitrogens with one attached hydrogen (secondary N) is 1. The van der Waals surface area contributed by atoms with Crippen molar-refractivity contribution in [2.75, 3.05) is 0 Å². The topological polar surface area (TPSA) is 97.1 Å². The normalized spacial score (nSPS) is 10.4. The van der Waals surface area contributed by atoms with Gasteiger partial charge in [-0.2, -0.15) is 0 Å². The van der Waals surface area contributed by atoms with E-state index in [-0.39, 0.29) is 18.1 Å². The maximum absolute atomic E-state index is 11.8. The Kier molecular flexibility index (Phi) is 4.32. The van der Waals surface area contributed by atoms with Crippen LogP contribution in [0.1, 0.15) is 27.3 Å². The highest BCUT2D eigenvalue weighted by atomic mass is 16.4. The van der Waals surface area contributed by atoms with Crippen LogP contribution in [-0.4, -0.2) is 32.0 Å². The minimum absolute atomic E-state index is 0.0576. The molecule has 0 radical (unpaired) electrons. The monoisotopic (exact) mass is 288 g/mol. The van der Waals surface area contributed by atoms with E-state index < -0.39 is 5.97 Å². The van der Waals surface area contributed by atoms with Crippen LogP contribution in [0.25, 0.3) is 0 Å². The largest absolute Gasteiger partial charge is 0.476 e. The molecule has 0 unspecified atom stereocenters. The highest BCUT2D eigenvalue weighted by molar-refractivity contribution is 5.86. The Hall–Kier alpha value is -2.70. The number of carboxylic acid groups (broad SMARTS) is 1. The molecule has 0 atom stereocenters. The van der Waals surface area contributed by atoms with Crippen LogP contribution in [0.15, 0.2) is 24.3 Å². The lowest BCUT2D eigenvalue weighted by Crippen LogP contribution is -2.28. The lowest BCUT2D eigenvalue weighted by Gasteiger charge is -2.06. The van der Waals surface area contributed by atoms with Gasteiger partial charge in [-0.3, -0.25) is 4.79 Å². The fraction of sp³-hybridized carbons (Fsp3) is 0.286. The van der Waals surface area contributed by atoms with E-state index in [0.717, 1.165) is 11.1 Å². The molecule has 0 saturated heterocycles. The molecule has 0 bridgehead atoms. The second kappa shape index (κ2) is 6.17. The van der Waals surface area contributed by atoms with Crippen LogP contribution in [0.3, 0.4) is 0 Å². The summed E-state index contributed by atoms with van der Waals surface area (Å²) in [6, 6.07) is 7.84. The maximum Gasteiger partial charge on any atom is 0.358 e. The quantitative estimate of drug-likeness (QED) is 0.852. The molecule has 1 heterocycles. The molecule has 2 rings (SSSR count). The van der Waals surface area contributed by atoms with Crippen LogP contribution in [0.2, 0.25) is 0 Å². The number of aromatic nitrogens is 3. The van der Waals surface area contributed by atoms with Crippen molar-refractivity contribution in [2.45, 2.75) is 26.9 Å². The molecule has 0 spiro atoms. The molecule has 1 aromatic heterocycles. The lowest BCUT2D eigenvalue weighted by atomic mass is 10.1. The van der Waals surface area contributed by atoms with Crippen molar-refractivity contribution in [2.24, 2.45) is 0 Å². The van der Waals surface area contributed by atoms with Gasteiger partial charge in [-0.25, -0.2) is 9.48 Å². The van der Waals surface area contributed by atoms with Crippen LogP contribution >= 0.6 is 0 Å². The highest BCUT2D eigenvalue weighted by Gasteiger charge is 2.16. The number of nitrogens with zero attached hydrogens (tertiary/aromatic N) is 3. The Labute approximate surface area is 121 Å². The number of amides is 1. The van der Waals surface area contributed by atoms with Gasteiger partial charge in [0.25, 0.3) is 0 Å². The van der Waals surface area contributed by atoms with E-state index in [9.17, 15) is 9.59 Å². The van der Waals surface area contributed by atoms with Gasteiger partial charge in [0.2, 0.25) is 5.91 Å². The Morgan fingerprint density at radius 2 is 1.90 bits per heavy atom. The van der Waals surface area contributed by atoms with Crippen molar-refractivity contribution < 1.29 is 14.7 Å². The molecule has 21 heavy (non-hydrogen) atoms. The molecule has 2 aromatic rings. The van der Waals surface area contributed by atoms with Gasteiger partial charge in [-0.15, -0.1) is 5.10 Å². The summed E-state index contributed by atoms with van der Waals surface area (Å²) in [5, 5.41) is 18.8. The van der Waals surface area contributed by atoms with Crippen molar-refractivity contribution in [3.05, 3.63) is 46.8 Å². The number of carboxylic acids is 1. The van der Waals surface area contributed by atoms with E-state index in [1.54, 1.807) is 6.92 Å². The Morgan fingerprint density at radius 3 is 2.48 bits per heavy atom. The van der Waals surface area contributed by atoms with Crippen LogP contribution < -0.4 is 5.32 Å². The van der Waals surface area contributed by atoms with E-state index in [1.807, 2.05) is 31.2 Å². The van der Waals surface area contributed by atoms with E-state index >= 15 is 0 Å². The van der Waals surface area contributed by atoms with Gasteiger partial charge in [0, 0.05) is 6.54 Å². The SMILES string of the molecule is Cc1ccc(CNC(=O)Cn2nnc(C(=O)O)c2C)cc1. The highest BCUT2D eigenvalue weighted by Crippen LogP contribution is 2.04. The van der Waals surface area contributed by atoms with Gasteiger partial charge in [-0.1, -0.05) is 35.0 Å². The molecular weight excluding hydrogens is 272 g/mol. The first-order chi connectivity index (χ1) is 9.97. The molecule has 0 saturated carbocycles. The summed E-state index contributed by atoms with van der Waals surface area (Å²) >= 11 is 0. The van der Waals surface area contributed by atoms with Gasteiger partial charge < -0.3 is 10.4 Å². The standard InChI is InChI=1S/C14H16N4O3/c1-9-3-5-11(6-4-9)7-15-12(19)8-18-10(2)13(14(20)21)16-17-18/h3-6H,7-8H2,1-2H3,(H,15,19)(H,20,21). The third-order valence-electron chi connectivity index (χ3n) is 3.09. The Balaban J connectivity index is 1.93. The predicted molar refractivity (Wildman–Crippen MR) is 74.7 cm³/mol. The predicted octanol–water partition coefficient (Wildman–Crippen LogP) is 0.910. The van der Waals surface area contributed by atoms with E-state index in [4.69, 9.17) is 5.11 Å². The van der Waals surface area contributed by atoms with Gasteiger partial charge >= 0.3 is 5.97 Å². The van der Waals surface area contributed by atoms with Gasteiger partial charge in [0.05, 0.1) is 5.69 Å². The maximum atomic E-state index is 11.8. The summed E-state index contributed by atoms with van der Waals surface area (Å²) < 4.78 is 1.27. The van der Waals surface area contributed by atoms with Crippen LogP contribution in [0.5, 0.6) is 0 Å². The number of benzene rings is 1. The summed E-state index contributed by atoms with van der Waals surface area (Å²) in [4.78, 5) is 22.7. The van der Waals surface area contributed by atoms with Gasteiger partial charge in [0.15, 0.2) is 5.69 Å². The molecule has 7 heteroatoms. The summed E-state index contributed by atoms with van der Waals surface area (Å²) in [5.74, 6) is -1.40. The minimum Gasteiger partial charge on any atom is -0.476 e. The second-order valence-corrected chi connectivity index (χ2v) is 4.75. The van der Waals surface area contributed by atoms with Gasteiger partial charge in [0.1, 0.15) is 6.54 Å². The summed E-state index contributed by atoms with van der Waals surface area (Å²) in [7, 11) is 0. The zero-order chi connectivity index (χ0) is 15.4. The number of hydrogen-bond donors (Lipinski definition) is 2. The van der Waals surface area contributed by atoms with Crippen molar-refractivity contribution in [1.29, 1.82) is 0 Å². The molecule has 0 fully saturated rings. The lowest BCUT2D eigenvalue weighted by molar-refractivity contribution is -0.122. The molecule has 0 aliphatic rings. The molecule has 0 aliphatic heterocycles. The van der Waals surface area contributed by atoms with E-state index in [2.05, 4.69) is 15.6 Å². The number of carbonyl (C=O) groups is 2. The van der Waals surface area contributed by atoms with E-state index in [0.29, 0.717) is 12.2 Å². The van der Waals surface area contributed by atoms with Crippen molar-refractivity contribution in [1.82, 2.24) is 20.3 Å². The zero-order valence-corrected chi connectivity index (χ0v) is 11.8. The summed E-state index contributed by atoms with van der Waals surface area (Å²) in [5.41, 5.74) is 2.37. The first kappa shape index (κ1) is 14.7. The van der Waals surface area contributed by atoms with Crippen LogP contribution in [0.4, 0.5) is 0 Å². The number of aromatic carboxylic acids is 1. The molecule has 1 aromatic carbocycles. The first-order valence-corrected chi connectivity index (χ1v) is 6.43. The third-order valence-corrected chi connectivity index (χ3v) is 3.09. The molecule has 0 aliphatic carbocycles. The number of rotatable bonds is 5. The zero-order valence-electron chi connectivity index (χ0n) is 11.8. The second-order valence-electron chi connectivity index (χ2n) is 4.75. The average molecular weight is 288 g/mol. The molecule has 2 N–H and O–H groups in total. The van der Waals surface area contributed by atoms with Crippen molar-refractivity contribution in [3.8, 4) is 0 Å². The summed E-state index contributed by atoms with van der Waals surface area (Å²) in [6.45, 7) is 3.92. The average Bonchev–Trinajstić information content (AvgIpc) is 2.80. The summed E-state index contributed by atoms with van der Waals surface area (Å²) in [6.07, 6.45) is 0. The van der Waals surface area contributed by atoms with Crippen molar-refractivity contribution in [3.63, 3.8) is 0 Å². The third kappa shape index (κ3) is 3.65.